The number of para-hydroxylation sites is 1. The van der Waals surface area contributed by atoms with Crippen molar-refractivity contribution < 1.29 is 0 Å². The summed E-state index contributed by atoms with van der Waals surface area (Å²) >= 11 is 1.84. The van der Waals surface area contributed by atoms with E-state index in [1.807, 2.05) is 11.8 Å². The number of aromatic nitrogens is 2. The first-order valence-electron chi connectivity index (χ1n) is 14.6. The van der Waals surface area contributed by atoms with Crippen LogP contribution < -0.4 is 0 Å². The first-order valence-corrected chi connectivity index (χ1v) is 15.5. The Hall–Kier alpha value is -5.12. The van der Waals surface area contributed by atoms with Crippen LogP contribution in [0.1, 0.15) is 5.82 Å². The van der Waals surface area contributed by atoms with E-state index in [-0.39, 0.29) is 0 Å². The highest BCUT2D eigenvalue weighted by Crippen LogP contribution is 2.47. The van der Waals surface area contributed by atoms with Gasteiger partial charge in [0.2, 0.25) is 0 Å². The maximum Gasteiger partial charge on any atom is 0.111 e. The van der Waals surface area contributed by atoms with Gasteiger partial charge in [0.05, 0.1) is 16.7 Å². The second-order valence-corrected chi connectivity index (χ2v) is 12.3. The van der Waals surface area contributed by atoms with Crippen LogP contribution in [0.3, 0.4) is 0 Å². The Balaban J connectivity index is 1.31. The molecule has 1 aliphatic heterocycles. The molecule has 202 valence electrons. The predicted molar refractivity (Wildman–Crippen MR) is 181 cm³/mol. The molecule has 0 unspecified atom stereocenters. The number of aryl methyl sites for hydroxylation is 1. The summed E-state index contributed by atoms with van der Waals surface area (Å²) in [5.74, 6) is 1.02. The van der Waals surface area contributed by atoms with Crippen molar-refractivity contribution in [1.82, 2.24) is 9.55 Å². The predicted octanol–water partition coefficient (Wildman–Crippen LogP) is 11.1. The fraction of sp³-hybridized carbons (Fsp3) is 0.0250. The zero-order valence-corrected chi connectivity index (χ0v) is 24.4. The van der Waals surface area contributed by atoms with Crippen LogP contribution in [0.15, 0.2) is 149 Å². The van der Waals surface area contributed by atoms with E-state index in [4.69, 9.17) is 4.98 Å². The minimum Gasteiger partial charge on any atom is -0.294 e. The molecular formula is C40H26N2S. The van der Waals surface area contributed by atoms with Crippen molar-refractivity contribution >= 4 is 44.3 Å². The quantitative estimate of drug-likeness (QED) is 0.198. The summed E-state index contributed by atoms with van der Waals surface area (Å²) in [6, 6.07) is 50.8. The zero-order valence-electron chi connectivity index (χ0n) is 23.6. The third kappa shape index (κ3) is 3.72. The lowest BCUT2D eigenvalue weighted by atomic mass is 9.85. The first kappa shape index (κ1) is 24.5. The Kier molecular flexibility index (Phi) is 5.38. The molecule has 9 rings (SSSR count). The molecule has 0 saturated carbocycles. The maximum absolute atomic E-state index is 4.84. The summed E-state index contributed by atoms with van der Waals surface area (Å²) in [6.45, 7) is 2.10. The minimum absolute atomic E-state index is 1.02. The number of hydrogen-bond donors (Lipinski definition) is 0. The van der Waals surface area contributed by atoms with E-state index in [0.717, 1.165) is 11.3 Å². The topological polar surface area (TPSA) is 17.8 Å². The Morgan fingerprint density at radius 3 is 1.81 bits per heavy atom. The molecule has 0 fully saturated rings. The van der Waals surface area contributed by atoms with Gasteiger partial charge in [-0.25, -0.2) is 4.98 Å². The number of fused-ring (bicyclic) bond motifs is 4. The molecule has 0 saturated heterocycles. The Morgan fingerprint density at radius 2 is 1.09 bits per heavy atom. The maximum atomic E-state index is 4.84. The van der Waals surface area contributed by atoms with Crippen LogP contribution in [0.4, 0.5) is 0 Å². The van der Waals surface area contributed by atoms with E-state index in [1.165, 1.54) is 75.9 Å². The molecule has 1 aliphatic rings. The third-order valence-corrected chi connectivity index (χ3v) is 9.81. The molecule has 2 heterocycles. The lowest BCUT2D eigenvalue weighted by Gasteiger charge is -2.21. The lowest BCUT2D eigenvalue weighted by Crippen LogP contribution is -2.03. The summed E-state index contributed by atoms with van der Waals surface area (Å²) < 4.78 is 2.31. The molecule has 2 nitrogen and oxygen atoms in total. The molecule has 8 aromatic rings. The average molecular weight is 567 g/mol. The van der Waals surface area contributed by atoms with Gasteiger partial charge < -0.3 is 0 Å². The van der Waals surface area contributed by atoms with Crippen molar-refractivity contribution in [3.05, 3.63) is 145 Å². The molecule has 0 radical (unpaired) electrons. The van der Waals surface area contributed by atoms with E-state index < -0.39 is 0 Å². The highest BCUT2D eigenvalue weighted by Gasteiger charge is 2.23. The van der Waals surface area contributed by atoms with Gasteiger partial charge in [-0.1, -0.05) is 121 Å². The molecule has 0 spiro atoms. The van der Waals surface area contributed by atoms with E-state index in [9.17, 15) is 0 Å². The third-order valence-electron chi connectivity index (χ3n) is 8.71. The number of hydrogen-bond acceptors (Lipinski definition) is 2. The standard InChI is InChI=1S/C40H26N2S/c1-25-41-34-17-10-18-36-40(34)42(25)35-22-20-29(24-37(35)43-36)28-19-21-32-33(23-28)39(27-13-6-3-7-14-27)31-16-9-8-15-30(31)38(32)26-11-4-2-5-12-26/h2-24H,1H3. The summed E-state index contributed by atoms with van der Waals surface area (Å²) in [6.07, 6.45) is 0. The summed E-state index contributed by atoms with van der Waals surface area (Å²) in [5, 5.41) is 5.09. The molecule has 7 aromatic carbocycles. The van der Waals surface area contributed by atoms with Crippen molar-refractivity contribution in [2.24, 2.45) is 0 Å². The Labute approximate surface area is 254 Å². The van der Waals surface area contributed by atoms with Crippen LogP contribution in [0, 0.1) is 6.92 Å². The van der Waals surface area contributed by atoms with E-state index in [0.29, 0.717) is 0 Å². The number of benzene rings is 7. The second kappa shape index (κ2) is 9.45. The van der Waals surface area contributed by atoms with Gasteiger partial charge in [-0.15, -0.1) is 0 Å². The van der Waals surface area contributed by atoms with E-state index >= 15 is 0 Å². The number of rotatable bonds is 3. The lowest BCUT2D eigenvalue weighted by molar-refractivity contribution is 0.963. The minimum atomic E-state index is 1.02. The molecular weight excluding hydrogens is 541 g/mol. The van der Waals surface area contributed by atoms with Crippen LogP contribution in [-0.4, -0.2) is 9.55 Å². The van der Waals surface area contributed by atoms with E-state index in [2.05, 4.69) is 151 Å². The van der Waals surface area contributed by atoms with Gasteiger partial charge in [0, 0.05) is 9.79 Å². The van der Waals surface area contributed by atoms with Gasteiger partial charge in [0.25, 0.3) is 0 Å². The smallest absolute Gasteiger partial charge is 0.111 e. The normalized spacial score (nSPS) is 12.2. The average Bonchev–Trinajstić information content (AvgIpc) is 3.41. The largest absolute Gasteiger partial charge is 0.294 e. The van der Waals surface area contributed by atoms with Gasteiger partial charge in [0.15, 0.2) is 0 Å². The van der Waals surface area contributed by atoms with E-state index in [1.54, 1.807) is 0 Å². The Bertz CT molecular complexity index is 2370. The van der Waals surface area contributed by atoms with Crippen molar-refractivity contribution in [1.29, 1.82) is 0 Å². The molecule has 0 amide bonds. The fourth-order valence-electron chi connectivity index (χ4n) is 6.86. The number of nitrogens with zero attached hydrogens (tertiary/aromatic N) is 2. The summed E-state index contributed by atoms with van der Waals surface area (Å²) in [7, 11) is 0. The van der Waals surface area contributed by atoms with Gasteiger partial charge in [0.1, 0.15) is 5.82 Å². The summed E-state index contributed by atoms with van der Waals surface area (Å²) in [4.78, 5) is 7.36. The first-order chi connectivity index (χ1) is 21.2. The highest BCUT2D eigenvalue weighted by atomic mass is 32.2. The SMILES string of the molecule is Cc1nc2cccc3c2n1-c1ccc(-c2ccc4c(-c5ccccc5)c5ccccc5c(-c5ccccc5)c4c2)cc1S3. The van der Waals surface area contributed by atoms with Gasteiger partial charge in [-0.3, -0.25) is 4.57 Å². The monoisotopic (exact) mass is 566 g/mol. The van der Waals surface area contributed by atoms with Crippen LogP contribution in [0.25, 0.3) is 71.6 Å². The van der Waals surface area contributed by atoms with Crippen LogP contribution in [-0.2, 0) is 0 Å². The molecule has 0 aliphatic carbocycles. The Morgan fingerprint density at radius 1 is 0.488 bits per heavy atom. The molecule has 1 aromatic heterocycles. The fourth-order valence-corrected chi connectivity index (χ4v) is 7.98. The molecule has 0 N–H and O–H groups in total. The molecule has 0 atom stereocenters. The molecule has 43 heavy (non-hydrogen) atoms. The van der Waals surface area contributed by atoms with Crippen LogP contribution in [0.5, 0.6) is 0 Å². The van der Waals surface area contributed by atoms with Crippen molar-refractivity contribution in [3.63, 3.8) is 0 Å². The highest BCUT2D eigenvalue weighted by molar-refractivity contribution is 7.99. The van der Waals surface area contributed by atoms with Crippen LogP contribution in [0.2, 0.25) is 0 Å². The molecule has 0 bridgehead atoms. The van der Waals surface area contributed by atoms with Gasteiger partial charge in [-0.2, -0.15) is 0 Å². The van der Waals surface area contributed by atoms with Crippen molar-refractivity contribution in [3.8, 4) is 39.1 Å². The number of imidazole rings is 1. The van der Waals surface area contributed by atoms with Crippen molar-refractivity contribution in [2.45, 2.75) is 16.7 Å². The van der Waals surface area contributed by atoms with Gasteiger partial charge >= 0.3 is 0 Å². The second-order valence-electron chi connectivity index (χ2n) is 11.2. The molecule has 3 heteroatoms. The zero-order chi connectivity index (χ0) is 28.5. The van der Waals surface area contributed by atoms with Gasteiger partial charge in [-0.05, 0) is 92.2 Å². The summed E-state index contributed by atoms with van der Waals surface area (Å²) in [5.41, 5.74) is 10.9. The van der Waals surface area contributed by atoms with Crippen molar-refractivity contribution in [2.75, 3.05) is 0 Å². The van der Waals surface area contributed by atoms with Crippen LogP contribution >= 0.6 is 11.8 Å².